The van der Waals surface area contributed by atoms with Crippen LogP contribution in [0.4, 0.5) is 0 Å². The van der Waals surface area contributed by atoms with Crippen molar-refractivity contribution in [2.45, 2.75) is 38.8 Å². The van der Waals surface area contributed by atoms with Gasteiger partial charge in [0.15, 0.2) is 0 Å². The molecule has 130 valence electrons. The van der Waals surface area contributed by atoms with Gasteiger partial charge in [-0.1, -0.05) is 0 Å². The van der Waals surface area contributed by atoms with Crippen molar-refractivity contribution >= 4 is 0 Å². The van der Waals surface area contributed by atoms with Gasteiger partial charge in [-0.05, 0) is 69.6 Å². The minimum atomic E-state index is 0.707. The lowest BCUT2D eigenvalue weighted by molar-refractivity contribution is 0.286. The summed E-state index contributed by atoms with van der Waals surface area (Å²) in [5.74, 6) is 1.06. The van der Waals surface area contributed by atoms with E-state index in [0.717, 1.165) is 18.1 Å². The fourth-order valence-corrected chi connectivity index (χ4v) is 3.83. The highest BCUT2D eigenvalue weighted by Gasteiger charge is 2.21. The molecule has 5 heteroatoms. The predicted octanol–water partition coefficient (Wildman–Crippen LogP) is 3.53. The maximum Gasteiger partial charge on any atom is 0.140 e. The molecule has 0 radical (unpaired) electrons. The van der Waals surface area contributed by atoms with Gasteiger partial charge < -0.3 is 9.47 Å². The molecule has 5 nitrogen and oxygen atoms in total. The first-order valence-corrected chi connectivity index (χ1v) is 9.05. The summed E-state index contributed by atoms with van der Waals surface area (Å²) in [6, 6.07) is 9.09. The van der Waals surface area contributed by atoms with Crippen LogP contribution in [0, 0.1) is 6.92 Å². The zero-order valence-electron chi connectivity index (χ0n) is 15.0. The summed E-state index contributed by atoms with van der Waals surface area (Å²) >= 11 is 0. The molecule has 1 saturated heterocycles. The molecule has 0 unspecified atom stereocenters. The number of hydrogen-bond acceptors (Lipinski definition) is 3. The summed E-state index contributed by atoms with van der Waals surface area (Å²) in [5, 5.41) is 4.31. The molecule has 25 heavy (non-hydrogen) atoms. The number of likely N-dealkylation sites (tertiary alicyclic amines) is 1. The van der Waals surface area contributed by atoms with Crippen molar-refractivity contribution in [3.8, 4) is 17.1 Å². The largest absolute Gasteiger partial charge is 0.331 e. The first-order valence-electron chi connectivity index (χ1n) is 9.05. The quantitative estimate of drug-likeness (QED) is 0.716. The summed E-state index contributed by atoms with van der Waals surface area (Å²) < 4.78 is 4.18. The second kappa shape index (κ2) is 6.84. The number of hydrogen-bond donors (Lipinski definition) is 0. The summed E-state index contributed by atoms with van der Waals surface area (Å²) in [4.78, 5) is 7.12. The van der Waals surface area contributed by atoms with E-state index in [0.29, 0.717) is 6.04 Å². The van der Waals surface area contributed by atoms with Gasteiger partial charge >= 0.3 is 0 Å². The molecule has 1 aliphatic heterocycles. The Morgan fingerprint density at radius 1 is 1.20 bits per heavy atom. The van der Waals surface area contributed by atoms with Crippen molar-refractivity contribution in [2.24, 2.45) is 0 Å². The maximum atomic E-state index is 4.63. The van der Waals surface area contributed by atoms with Crippen molar-refractivity contribution in [3.63, 3.8) is 0 Å². The number of benzene rings is 1. The molecule has 1 aliphatic rings. The number of nitrogens with zero attached hydrogens (tertiary/aromatic N) is 5. The van der Waals surface area contributed by atoms with Crippen LogP contribution in [0.5, 0.6) is 0 Å². The Morgan fingerprint density at radius 2 is 2.12 bits per heavy atom. The third-order valence-corrected chi connectivity index (χ3v) is 5.31. The molecule has 2 aromatic heterocycles. The van der Waals surface area contributed by atoms with Gasteiger partial charge in [-0.15, -0.1) is 0 Å². The van der Waals surface area contributed by atoms with E-state index in [9.17, 15) is 0 Å². The van der Waals surface area contributed by atoms with Crippen molar-refractivity contribution in [3.05, 3.63) is 54.6 Å². The standard InChI is InChI=1S/C20H25N5/c1-16-15-18(25-12-4-9-22-25)6-7-19(16)20-21-10-14-24(20)13-8-17-5-3-11-23(17)2/h4,6-7,9-10,12,14-15,17H,3,5,8,11,13H2,1-2H3/t17-/m0/s1. The first-order chi connectivity index (χ1) is 12.2. The van der Waals surface area contributed by atoms with Crippen LogP contribution in [0.1, 0.15) is 24.8 Å². The van der Waals surface area contributed by atoms with Gasteiger partial charge in [0, 0.05) is 42.9 Å². The number of rotatable bonds is 5. The fraction of sp³-hybridized carbons (Fsp3) is 0.400. The molecule has 0 N–H and O–H groups in total. The average molecular weight is 335 g/mol. The van der Waals surface area contributed by atoms with E-state index in [1.807, 2.05) is 23.1 Å². The lowest BCUT2D eigenvalue weighted by Crippen LogP contribution is -2.26. The highest BCUT2D eigenvalue weighted by molar-refractivity contribution is 5.62. The third kappa shape index (κ3) is 3.24. The Labute approximate surface area is 148 Å². The third-order valence-electron chi connectivity index (χ3n) is 5.31. The van der Waals surface area contributed by atoms with Crippen LogP contribution in [0.25, 0.3) is 17.1 Å². The zero-order chi connectivity index (χ0) is 17.2. The lowest BCUT2D eigenvalue weighted by atomic mass is 10.1. The van der Waals surface area contributed by atoms with E-state index in [2.05, 4.69) is 57.9 Å². The Bertz CT molecular complexity index is 834. The second-order valence-electron chi connectivity index (χ2n) is 6.96. The van der Waals surface area contributed by atoms with Crippen molar-refractivity contribution in [1.82, 2.24) is 24.2 Å². The van der Waals surface area contributed by atoms with Gasteiger partial charge in [0.2, 0.25) is 0 Å². The molecule has 0 spiro atoms. The summed E-state index contributed by atoms with van der Waals surface area (Å²) in [6.07, 6.45) is 11.6. The summed E-state index contributed by atoms with van der Waals surface area (Å²) in [6.45, 7) is 4.40. The van der Waals surface area contributed by atoms with Crippen LogP contribution in [0.15, 0.2) is 49.1 Å². The van der Waals surface area contributed by atoms with Gasteiger partial charge in [-0.2, -0.15) is 5.10 Å². The van der Waals surface area contributed by atoms with Crippen LogP contribution in [-0.4, -0.2) is 43.9 Å². The minimum Gasteiger partial charge on any atom is -0.331 e. The molecule has 1 atom stereocenters. The summed E-state index contributed by atoms with van der Waals surface area (Å²) in [7, 11) is 2.24. The Kier molecular flexibility index (Phi) is 4.40. The molecule has 0 aliphatic carbocycles. The monoisotopic (exact) mass is 335 g/mol. The molecule has 1 aromatic carbocycles. The Hall–Kier alpha value is -2.40. The van der Waals surface area contributed by atoms with Gasteiger partial charge in [-0.3, -0.25) is 0 Å². The molecule has 0 amide bonds. The molecule has 0 saturated carbocycles. The van der Waals surface area contributed by atoms with Gasteiger partial charge in [0.05, 0.1) is 5.69 Å². The van der Waals surface area contributed by atoms with E-state index in [4.69, 9.17) is 0 Å². The first kappa shape index (κ1) is 16.1. The van der Waals surface area contributed by atoms with E-state index < -0.39 is 0 Å². The molecule has 1 fully saturated rings. The number of aromatic nitrogens is 4. The van der Waals surface area contributed by atoms with Crippen molar-refractivity contribution in [2.75, 3.05) is 13.6 Å². The van der Waals surface area contributed by atoms with Crippen LogP contribution in [0.3, 0.4) is 0 Å². The van der Waals surface area contributed by atoms with Crippen LogP contribution in [-0.2, 0) is 6.54 Å². The molecule has 3 aromatic rings. The highest BCUT2D eigenvalue weighted by atomic mass is 15.3. The van der Waals surface area contributed by atoms with Crippen LogP contribution < -0.4 is 0 Å². The Balaban J connectivity index is 1.55. The molecular weight excluding hydrogens is 310 g/mol. The second-order valence-corrected chi connectivity index (χ2v) is 6.96. The van der Waals surface area contributed by atoms with E-state index in [1.54, 1.807) is 6.20 Å². The summed E-state index contributed by atoms with van der Waals surface area (Å²) in [5.41, 5.74) is 3.50. The topological polar surface area (TPSA) is 38.9 Å². The molecule has 3 heterocycles. The van der Waals surface area contributed by atoms with Crippen LogP contribution >= 0.6 is 0 Å². The van der Waals surface area contributed by atoms with E-state index in [-0.39, 0.29) is 0 Å². The molecular formula is C20H25N5. The lowest BCUT2D eigenvalue weighted by Gasteiger charge is -2.20. The smallest absolute Gasteiger partial charge is 0.140 e. The minimum absolute atomic E-state index is 0.707. The van der Waals surface area contributed by atoms with Crippen molar-refractivity contribution in [1.29, 1.82) is 0 Å². The fourth-order valence-electron chi connectivity index (χ4n) is 3.83. The number of imidazole rings is 1. The normalized spacial score (nSPS) is 18.1. The Morgan fingerprint density at radius 3 is 2.84 bits per heavy atom. The van der Waals surface area contributed by atoms with Crippen LogP contribution in [0.2, 0.25) is 0 Å². The van der Waals surface area contributed by atoms with E-state index >= 15 is 0 Å². The molecule has 4 rings (SSSR count). The van der Waals surface area contributed by atoms with Gasteiger partial charge in [-0.25, -0.2) is 9.67 Å². The SMILES string of the molecule is Cc1cc(-n2cccn2)ccc1-c1nccn1CC[C@@H]1CCCN1C. The maximum absolute atomic E-state index is 4.63. The average Bonchev–Trinajstić information content (AvgIpc) is 3.35. The zero-order valence-corrected chi connectivity index (χ0v) is 15.0. The van der Waals surface area contributed by atoms with Gasteiger partial charge in [0.25, 0.3) is 0 Å². The molecule has 0 bridgehead atoms. The van der Waals surface area contributed by atoms with Crippen molar-refractivity contribution < 1.29 is 0 Å². The highest BCUT2D eigenvalue weighted by Crippen LogP contribution is 2.25. The van der Waals surface area contributed by atoms with Gasteiger partial charge in [0.1, 0.15) is 5.82 Å². The predicted molar refractivity (Wildman–Crippen MR) is 99.8 cm³/mol. The van der Waals surface area contributed by atoms with E-state index in [1.165, 1.54) is 36.9 Å². The number of aryl methyl sites for hydroxylation is 2.